The summed E-state index contributed by atoms with van der Waals surface area (Å²) in [5.74, 6) is 0.552. The number of methoxy groups -OCH3 is 1. The third kappa shape index (κ3) is 2.42. The number of aryl methyl sites for hydroxylation is 1. The van der Waals surface area contributed by atoms with Gasteiger partial charge in [0.05, 0.1) is 6.61 Å². The second-order valence-electron chi connectivity index (χ2n) is 3.33. The lowest BCUT2D eigenvalue weighted by Gasteiger charge is -2.04. The molecule has 0 aliphatic heterocycles. The van der Waals surface area contributed by atoms with E-state index in [-0.39, 0.29) is 0 Å². The molecule has 86 valence electrons. The first-order chi connectivity index (χ1) is 7.70. The van der Waals surface area contributed by atoms with Crippen molar-refractivity contribution in [1.82, 2.24) is 9.97 Å². The minimum atomic E-state index is 0.495. The number of aromatic nitrogens is 2. The zero-order valence-electron chi connectivity index (χ0n) is 9.08. The second-order valence-corrected chi connectivity index (χ2v) is 4.93. The molecule has 0 saturated carbocycles. The quantitative estimate of drug-likeness (QED) is 0.676. The van der Waals surface area contributed by atoms with Crippen LogP contribution in [0, 0.1) is 6.92 Å². The fourth-order valence-corrected chi connectivity index (χ4v) is 2.51. The molecule has 0 spiro atoms. The minimum absolute atomic E-state index is 0.495. The molecule has 2 rings (SSSR count). The molecule has 0 saturated heterocycles. The summed E-state index contributed by atoms with van der Waals surface area (Å²) in [7, 11) is 1.65. The van der Waals surface area contributed by atoms with E-state index in [1.54, 1.807) is 18.4 Å². The Hall–Kier alpha value is -0.910. The summed E-state index contributed by atoms with van der Waals surface area (Å²) >= 11 is 7.69. The van der Waals surface area contributed by atoms with Crippen LogP contribution in [0.3, 0.4) is 0 Å². The topological polar surface area (TPSA) is 47.0 Å². The molecule has 2 aromatic heterocycles. The monoisotopic (exact) mass is 257 g/mol. The summed E-state index contributed by atoms with van der Waals surface area (Å²) in [6.45, 7) is 3.31. The lowest BCUT2D eigenvalue weighted by Crippen LogP contribution is -2.10. The average molecular weight is 258 g/mol. The third-order valence-corrected chi connectivity index (χ3v) is 3.29. The fraction of sp³-hybridized carbons (Fsp3) is 0.400. The Morgan fingerprint density at radius 1 is 1.50 bits per heavy atom. The van der Waals surface area contributed by atoms with Crippen molar-refractivity contribution in [3.8, 4) is 0 Å². The fourth-order valence-electron chi connectivity index (χ4n) is 1.35. The molecule has 0 amide bonds. The van der Waals surface area contributed by atoms with Gasteiger partial charge < -0.3 is 10.1 Å². The van der Waals surface area contributed by atoms with E-state index < -0.39 is 0 Å². The van der Waals surface area contributed by atoms with Gasteiger partial charge in [-0.1, -0.05) is 11.6 Å². The van der Waals surface area contributed by atoms with Crippen LogP contribution in [-0.4, -0.2) is 30.2 Å². The summed E-state index contributed by atoms with van der Waals surface area (Å²) in [5, 5.41) is 4.48. The molecular formula is C10H12ClN3OS. The molecule has 0 aromatic carbocycles. The molecule has 0 aliphatic carbocycles. The zero-order chi connectivity index (χ0) is 11.5. The molecule has 2 heterocycles. The number of fused-ring (bicyclic) bond motifs is 1. The van der Waals surface area contributed by atoms with Crippen LogP contribution in [0.25, 0.3) is 10.2 Å². The summed E-state index contributed by atoms with van der Waals surface area (Å²) in [6.07, 6.45) is 0. The lowest BCUT2D eigenvalue weighted by atomic mass is 10.4. The van der Waals surface area contributed by atoms with Crippen LogP contribution in [-0.2, 0) is 4.74 Å². The number of rotatable bonds is 4. The number of nitrogens with zero attached hydrogens (tertiary/aromatic N) is 2. The van der Waals surface area contributed by atoms with Gasteiger partial charge in [-0.2, -0.15) is 0 Å². The average Bonchev–Trinajstić information content (AvgIpc) is 2.60. The number of hydrogen-bond acceptors (Lipinski definition) is 5. The summed E-state index contributed by atoms with van der Waals surface area (Å²) in [4.78, 5) is 10.7. The van der Waals surface area contributed by atoms with E-state index in [2.05, 4.69) is 15.3 Å². The summed E-state index contributed by atoms with van der Waals surface area (Å²) in [5.41, 5.74) is 0. The predicted molar refractivity (Wildman–Crippen MR) is 67.5 cm³/mol. The molecule has 0 unspecified atom stereocenters. The van der Waals surface area contributed by atoms with E-state index in [1.807, 2.05) is 13.0 Å². The zero-order valence-corrected chi connectivity index (χ0v) is 10.7. The number of ether oxygens (including phenoxy) is 1. The van der Waals surface area contributed by atoms with E-state index in [4.69, 9.17) is 16.3 Å². The van der Waals surface area contributed by atoms with Crippen LogP contribution >= 0.6 is 22.9 Å². The van der Waals surface area contributed by atoms with Crippen molar-refractivity contribution in [2.75, 3.05) is 25.6 Å². The van der Waals surface area contributed by atoms with Gasteiger partial charge in [0, 0.05) is 23.9 Å². The lowest BCUT2D eigenvalue weighted by molar-refractivity contribution is 0.210. The van der Waals surface area contributed by atoms with Gasteiger partial charge in [-0.3, -0.25) is 0 Å². The van der Waals surface area contributed by atoms with Gasteiger partial charge in [-0.25, -0.2) is 9.97 Å². The van der Waals surface area contributed by atoms with Crippen molar-refractivity contribution < 1.29 is 4.74 Å². The van der Waals surface area contributed by atoms with E-state index in [1.165, 1.54) is 4.88 Å². The summed E-state index contributed by atoms with van der Waals surface area (Å²) < 4.78 is 4.94. The maximum Gasteiger partial charge on any atom is 0.225 e. The van der Waals surface area contributed by atoms with Gasteiger partial charge in [0.25, 0.3) is 0 Å². The van der Waals surface area contributed by atoms with Crippen LogP contribution < -0.4 is 5.32 Å². The van der Waals surface area contributed by atoms with Crippen LogP contribution in [0.15, 0.2) is 6.07 Å². The largest absolute Gasteiger partial charge is 0.383 e. The molecular weight excluding hydrogens is 246 g/mol. The SMILES string of the molecule is COCCNc1nc(Cl)c2cc(C)sc2n1. The first-order valence-electron chi connectivity index (χ1n) is 4.87. The van der Waals surface area contributed by atoms with Gasteiger partial charge in [0.15, 0.2) is 0 Å². The minimum Gasteiger partial charge on any atom is -0.383 e. The number of halogens is 1. The van der Waals surface area contributed by atoms with E-state index in [9.17, 15) is 0 Å². The van der Waals surface area contributed by atoms with Gasteiger partial charge in [-0.15, -0.1) is 11.3 Å². The first-order valence-corrected chi connectivity index (χ1v) is 6.06. The van der Waals surface area contributed by atoms with Crippen LogP contribution in [0.5, 0.6) is 0 Å². The normalized spacial score (nSPS) is 10.9. The number of anilines is 1. The Kier molecular flexibility index (Phi) is 3.58. The van der Waals surface area contributed by atoms with Crippen LogP contribution in [0.2, 0.25) is 5.15 Å². The molecule has 4 nitrogen and oxygen atoms in total. The summed E-state index contributed by atoms with van der Waals surface area (Å²) in [6, 6.07) is 2.00. The smallest absolute Gasteiger partial charge is 0.225 e. The number of nitrogens with one attached hydrogen (secondary N) is 1. The van der Waals surface area contributed by atoms with Crippen molar-refractivity contribution in [2.45, 2.75) is 6.92 Å². The van der Waals surface area contributed by atoms with Gasteiger partial charge in [0.2, 0.25) is 5.95 Å². The number of thiophene rings is 1. The Morgan fingerprint density at radius 2 is 2.31 bits per heavy atom. The Labute approximate surface area is 103 Å². The molecule has 0 fully saturated rings. The molecule has 16 heavy (non-hydrogen) atoms. The molecule has 0 bridgehead atoms. The van der Waals surface area contributed by atoms with Crippen molar-refractivity contribution in [3.05, 3.63) is 16.1 Å². The maximum atomic E-state index is 6.07. The molecule has 0 atom stereocenters. The molecule has 0 radical (unpaired) electrons. The molecule has 2 aromatic rings. The van der Waals surface area contributed by atoms with Crippen molar-refractivity contribution >= 4 is 39.1 Å². The Balaban J connectivity index is 2.27. The van der Waals surface area contributed by atoms with Gasteiger partial charge in [-0.05, 0) is 13.0 Å². The molecule has 6 heteroatoms. The van der Waals surface area contributed by atoms with Crippen molar-refractivity contribution in [2.24, 2.45) is 0 Å². The molecule has 1 N–H and O–H groups in total. The Morgan fingerprint density at radius 3 is 3.06 bits per heavy atom. The van der Waals surface area contributed by atoms with E-state index in [0.717, 1.165) is 10.2 Å². The highest BCUT2D eigenvalue weighted by molar-refractivity contribution is 7.18. The van der Waals surface area contributed by atoms with Gasteiger partial charge >= 0.3 is 0 Å². The number of hydrogen-bond donors (Lipinski definition) is 1. The highest BCUT2D eigenvalue weighted by Gasteiger charge is 2.08. The highest BCUT2D eigenvalue weighted by Crippen LogP contribution is 2.29. The maximum absolute atomic E-state index is 6.07. The van der Waals surface area contributed by atoms with Crippen molar-refractivity contribution in [3.63, 3.8) is 0 Å². The third-order valence-electron chi connectivity index (χ3n) is 2.06. The Bertz CT molecular complexity index is 500. The van der Waals surface area contributed by atoms with Crippen LogP contribution in [0.4, 0.5) is 5.95 Å². The standard InChI is InChI=1S/C10H12ClN3OS/c1-6-5-7-8(11)13-10(12-3-4-15-2)14-9(7)16-6/h5H,3-4H2,1-2H3,(H,12,13,14). The predicted octanol–water partition coefficient (Wildman–Crippen LogP) is 2.71. The second kappa shape index (κ2) is 4.95. The molecule has 0 aliphatic rings. The van der Waals surface area contributed by atoms with Crippen LogP contribution in [0.1, 0.15) is 4.88 Å². The van der Waals surface area contributed by atoms with Crippen molar-refractivity contribution in [1.29, 1.82) is 0 Å². The first kappa shape index (κ1) is 11.6. The van der Waals surface area contributed by atoms with Gasteiger partial charge in [0.1, 0.15) is 9.98 Å². The van der Waals surface area contributed by atoms with E-state index in [0.29, 0.717) is 24.3 Å². The highest BCUT2D eigenvalue weighted by atomic mass is 35.5. The van der Waals surface area contributed by atoms with E-state index >= 15 is 0 Å².